The molecule has 0 spiro atoms. The number of carbonyl (C=O) groups excluding carboxylic acids is 1. The molecule has 2 nitrogen and oxygen atoms in total. The minimum absolute atomic E-state index is 0. The first-order valence-corrected chi connectivity index (χ1v) is 2.96. The number of carbonyl (C=O) groups is 1. The topological polar surface area (TPSA) is 26.3 Å². The van der Waals surface area contributed by atoms with Crippen LogP contribution < -0.4 is 4.74 Å². The SMILES string of the molecule is COc1ccccc1C=O.[LiH]. The van der Waals surface area contributed by atoms with E-state index in [4.69, 9.17) is 4.74 Å². The first-order chi connectivity index (χ1) is 4.88. The number of ether oxygens (including phenoxy) is 1. The maximum atomic E-state index is 10.3. The first kappa shape index (κ1) is 10.3. The maximum absolute atomic E-state index is 10.3. The van der Waals surface area contributed by atoms with Gasteiger partial charge in [0.05, 0.1) is 12.7 Å². The van der Waals surface area contributed by atoms with E-state index >= 15 is 0 Å². The van der Waals surface area contributed by atoms with Crippen molar-refractivity contribution >= 4 is 25.1 Å². The van der Waals surface area contributed by atoms with Gasteiger partial charge in [0.15, 0.2) is 6.29 Å². The van der Waals surface area contributed by atoms with Gasteiger partial charge in [-0.2, -0.15) is 0 Å². The molecule has 1 rings (SSSR count). The van der Waals surface area contributed by atoms with E-state index in [-0.39, 0.29) is 18.9 Å². The van der Waals surface area contributed by atoms with E-state index in [1.54, 1.807) is 25.3 Å². The molecule has 0 aliphatic rings. The van der Waals surface area contributed by atoms with Gasteiger partial charge in [0, 0.05) is 0 Å². The van der Waals surface area contributed by atoms with Gasteiger partial charge in [-0.25, -0.2) is 0 Å². The van der Waals surface area contributed by atoms with E-state index in [9.17, 15) is 4.79 Å². The Kier molecular flexibility index (Phi) is 4.68. The zero-order chi connectivity index (χ0) is 7.40. The van der Waals surface area contributed by atoms with Crippen molar-refractivity contribution in [2.45, 2.75) is 0 Å². The normalized spacial score (nSPS) is 8.09. The zero-order valence-electron chi connectivity index (χ0n) is 5.70. The summed E-state index contributed by atoms with van der Waals surface area (Å²) in [7, 11) is 1.54. The Morgan fingerprint density at radius 2 is 2.00 bits per heavy atom. The molecule has 0 N–H and O–H groups in total. The molecular formula is C8H9LiO2. The summed E-state index contributed by atoms with van der Waals surface area (Å²) < 4.78 is 4.90. The van der Waals surface area contributed by atoms with Gasteiger partial charge in [0.1, 0.15) is 5.75 Å². The Bertz CT molecular complexity index is 235. The number of hydrogen-bond acceptors (Lipinski definition) is 2. The van der Waals surface area contributed by atoms with Gasteiger partial charge >= 0.3 is 18.9 Å². The number of rotatable bonds is 2. The third-order valence-electron chi connectivity index (χ3n) is 1.27. The second-order valence-corrected chi connectivity index (χ2v) is 1.86. The van der Waals surface area contributed by atoms with Crippen LogP contribution in [0.1, 0.15) is 10.4 Å². The van der Waals surface area contributed by atoms with Crippen LogP contribution >= 0.6 is 0 Å². The molecule has 0 aromatic heterocycles. The quantitative estimate of drug-likeness (QED) is 0.454. The van der Waals surface area contributed by atoms with Crippen molar-refractivity contribution in [3.8, 4) is 5.75 Å². The fraction of sp³-hybridized carbons (Fsp3) is 0.125. The molecule has 0 atom stereocenters. The van der Waals surface area contributed by atoms with Crippen LogP contribution in [0.15, 0.2) is 24.3 Å². The minimum atomic E-state index is 0. The monoisotopic (exact) mass is 144 g/mol. The van der Waals surface area contributed by atoms with Gasteiger partial charge < -0.3 is 4.74 Å². The molecule has 0 aliphatic heterocycles. The fourth-order valence-corrected chi connectivity index (χ4v) is 0.764. The molecule has 0 saturated heterocycles. The zero-order valence-corrected chi connectivity index (χ0v) is 5.70. The van der Waals surface area contributed by atoms with Crippen LogP contribution in [0.2, 0.25) is 0 Å². The van der Waals surface area contributed by atoms with Gasteiger partial charge in [-0.3, -0.25) is 4.79 Å². The average Bonchev–Trinajstić information content (AvgIpc) is 2.04. The van der Waals surface area contributed by atoms with E-state index in [1.165, 1.54) is 0 Å². The second kappa shape index (κ2) is 5.01. The Labute approximate surface area is 77.7 Å². The van der Waals surface area contributed by atoms with Crippen LogP contribution in [0, 0.1) is 0 Å². The van der Waals surface area contributed by atoms with Crippen molar-refractivity contribution in [3.05, 3.63) is 29.8 Å². The van der Waals surface area contributed by atoms with Gasteiger partial charge in [0.2, 0.25) is 0 Å². The third-order valence-corrected chi connectivity index (χ3v) is 1.27. The molecule has 3 heteroatoms. The van der Waals surface area contributed by atoms with E-state index in [0.29, 0.717) is 11.3 Å². The molecule has 11 heavy (non-hydrogen) atoms. The molecule has 0 saturated carbocycles. The van der Waals surface area contributed by atoms with Crippen LogP contribution in [0.25, 0.3) is 0 Å². The molecule has 0 aliphatic carbocycles. The van der Waals surface area contributed by atoms with Crippen LogP contribution in [0.3, 0.4) is 0 Å². The van der Waals surface area contributed by atoms with Crippen molar-refractivity contribution < 1.29 is 9.53 Å². The predicted octanol–water partition coefficient (Wildman–Crippen LogP) is 0.859. The van der Waals surface area contributed by atoms with Gasteiger partial charge in [0.25, 0.3) is 0 Å². The Morgan fingerprint density at radius 3 is 2.45 bits per heavy atom. The molecule has 54 valence electrons. The number of para-hydroxylation sites is 1. The summed E-state index contributed by atoms with van der Waals surface area (Å²) in [5.74, 6) is 0.623. The summed E-state index contributed by atoms with van der Waals surface area (Å²) in [5, 5.41) is 0. The standard InChI is InChI=1S/C8H8O2.Li.H/c1-10-8-5-3-2-4-7(8)6-9;;/h2-6H,1H3;;. The predicted molar refractivity (Wildman–Crippen MR) is 45.5 cm³/mol. The van der Waals surface area contributed by atoms with E-state index < -0.39 is 0 Å². The number of aldehydes is 1. The van der Waals surface area contributed by atoms with E-state index in [1.807, 2.05) is 6.07 Å². The van der Waals surface area contributed by atoms with E-state index in [2.05, 4.69) is 0 Å². The summed E-state index contributed by atoms with van der Waals surface area (Å²) in [6.45, 7) is 0. The van der Waals surface area contributed by atoms with Gasteiger partial charge in [-0.05, 0) is 12.1 Å². The number of hydrogen-bond donors (Lipinski definition) is 0. The molecular weight excluding hydrogens is 135 g/mol. The van der Waals surface area contributed by atoms with Gasteiger partial charge in [-0.1, -0.05) is 12.1 Å². The second-order valence-electron chi connectivity index (χ2n) is 1.86. The molecule has 0 unspecified atom stereocenters. The molecule has 0 amide bonds. The summed E-state index contributed by atoms with van der Waals surface area (Å²) in [4.78, 5) is 10.3. The fourth-order valence-electron chi connectivity index (χ4n) is 0.764. The average molecular weight is 144 g/mol. The van der Waals surface area contributed by atoms with Crippen molar-refractivity contribution in [1.29, 1.82) is 0 Å². The molecule has 0 fully saturated rings. The van der Waals surface area contributed by atoms with Crippen molar-refractivity contribution in [2.75, 3.05) is 7.11 Å². The number of benzene rings is 1. The van der Waals surface area contributed by atoms with E-state index in [0.717, 1.165) is 6.29 Å². The van der Waals surface area contributed by atoms with Crippen molar-refractivity contribution in [3.63, 3.8) is 0 Å². The van der Waals surface area contributed by atoms with Crippen LogP contribution in [-0.4, -0.2) is 32.3 Å². The van der Waals surface area contributed by atoms with Crippen LogP contribution in [0.4, 0.5) is 0 Å². The van der Waals surface area contributed by atoms with Crippen LogP contribution in [0.5, 0.6) is 5.75 Å². The van der Waals surface area contributed by atoms with Crippen molar-refractivity contribution in [1.82, 2.24) is 0 Å². The molecule has 0 heterocycles. The molecule has 1 aromatic rings. The molecule has 0 radical (unpaired) electrons. The first-order valence-electron chi connectivity index (χ1n) is 2.96. The Morgan fingerprint density at radius 1 is 1.36 bits per heavy atom. The van der Waals surface area contributed by atoms with Crippen LogP contribution in [-0.2, 0) is 0 Å². The third kappa shape index (κ3) is 2.42. The Hall–Kier alpha value is -0.713. The summed E-state index contributed by atoms with van der Waals surface area (Å²) in [6.07, 6.45) is 0.777. The van der Waals surface area contributed by atoms with Crippen molar-refractivity contribution in [2.24, 2.45) is 0 Å². The molecule has 1 aromatic carbocycles. The Balaban J connectivity index is 0.000001000. The summed E-state index contributed by atoms with van der Waals surface area (Å²) >= 11 is 0. The molecule has 0 bridgehead atoms. The summed E-state index contributed by atoms with van der Waals surface area (Å²) in [5.41, 5.74) is 0.588. The van der Waals surface area contributed by atoms with Gasteiger partial charge in [-0.15, -0.1) is 0 Å². The number of methoxy groups -OCH3 is 1. The summed E-state index contributed by atoms with van der Waals surface area (Å²) in [6, 6.07) is 7.09.